The second kappa shape index (κ2) is 8.35. The van der Waals surface area contributed by atoms with E-state index in [0.29, 0.717) is 40.5 Å². The number of fused-ring (bicyclic) bond motifs is 2. The first-order valence-corrected chi connectivity index (χ1v) is 11.4. The van der Waals surface area contributed by atoms with Gasteiger partial charge in [-0.3, -0.25) is 4.79 Å². The van der Waals surface area contributed by atoms with Gasteiger partial charge in [0.05, 0.1) is 12.0 Å². The molecule has 2 heterocycles. The summed E-state index contributed by atoms with van der Waals surface area (Å²) in [4.78, 5) is 19.2. The van der Waals surface area contributed by atoms with Crippen molar-refractivity contribution < 1.29 is 27.1 Å². The molecule has 1 amide bonds. The van der Waals surface area contributed by atoms with Crippen LogP contribution in [0.3, 0.4) is 0 Å². The van der Waals surface area contributed by atoms with Crippen LogP contribution in [-0.4, -0.2) is 17.3 Å². The number of hydrogen-bond acceptors (Lipinski definition) is 5. The minimum atomic E-state index is -4.81. The largest absolute Gasteiger partial charge is 0.573 e. The van der Waals surface area contributed by atoms with E-state index >= 15 is 0 Å². The summed E-state index contributed by atoms with van der Waals surface area (Å²) in [7, 11) is 0. The average molecular weight is 510 g/mol. The summed E-state index contributed by atoms with van der Waals surface area (Å²) in [6.45, 7) is 0.176. The summed E-state index contributed by atoms with van der Waals surface area (Å²) in [5.41, 5.74) is 1.01. The molecule has 176 valence electrons. The molecular formula is C23H16ClF4N3O2S. The van der Waals surface area contributed by atoms with Crippen molar-refractivity contribution in [1.29, 1.82) is 0 Å². The second-order valence-electron chi connectivity index (χ2n) is 8.00. The zero-order valence-corrected chi connectivity index (χ0v) is 18.9. The number of ether oxygens (including phenoxy) is 1. The van der Waals surface area contributed by atoms with Gasteiger partial charge >= 0.3 is 6.36 Å². The van der Waals surface area contributed by atoms with Crippen molar-refractivity contribution in [2.75, 3.05) is 9.62 Å². The maximum absolute atomic E-state index is 13.2. The SMILES string of the molecule is O=C1N(Cc2ccc(SNc3cccc(F)n3)cc2Cl)c2ccc(OC(F)(F)F)cc2C12CC2. The highest BCUT2D eigenvalue weighted by molar-refractivity contribution is 8.00. The molecule has 11 heteroatoms. The quantitative estimate of drug-likeness (QED) is 0.234. The molecule has 0 radical (unpaired) electrons. The van der Waals surface area contributed by atoms with Crippen molar-refractivity contribution in [3.8, 4) is 5.75 Å². The standard InChI is InChI=1S/C23H16ClF4N3O2S/c24-17-11-15(34-30-20-3-1-2-19(25)29-20)6-4-13(17)12-31-18-7-5-14(33-23(26,27)28)10-16(18)22(8-9-22)21(31)32/h1-7,10-11H,8-9,12H2,(H,29,30). The van der Waals surface area contributed by atoms with Crippen LogP contribution in [-0.2, 0) is 16.8 Å². The summed E-state index contributed by atoms with van der Waals surface area (Å²) in [5, 5.41) is 0.419. The molecule has 1 saturated carbocycles. The molecule has 5 rings (SSSR count). The Morgan fingerprint density at radius 2 is 1.94 bits per heavy atom. The van der Waals surface area contributed by atoms with Crippen LogP contribution in [0.2, 0.25) is 5.02 Å². The lowest BCUT2D eigenvalue weighted by Gasteiger charge is -2.19. The second-order valence-corrected chi connectivity index (χ2v) is 9.29. The van der Waals surface area contributed by atoms with E-state index in [0.717, 1.165) is 4.90 Å². The Morgan fingerprint density at radius 3 is 2.62 bits per heavy atom. The number of nitrogens with one attached hydrogen (secondary N) is 1. The van der Waals surface area contributed by atoms with Crippen LogP contribution < -0.4 is 14.4 Å². The topological polar surface area (TPSA) is 54.5 Å². The summed E-state index contributed by atoms with van der Waals surface area (Å²) in [6, 6.07) is 13.7. The van der Waals surface area contributed by atoms with Gasteiger partial charge in [0, 0.05) is 15.6 Å². The molecule has 5 nitrogen and oxygen atoms in total. The van der Waals surface area contributed by atoms with Crippen LogP contribution in [0.15, 0.2) is 59.5 Å². The van der Waals surface area contributed by atoms with E-state index in [-0.39, 0.29) is 18.2 Å². The Labute approximate surface area is 201 Å². The highest BCUT2D eigenvalue weighted by Crippen LogP contribution is 2.58. The van der Waals surface area contributed by atoms with Crippen molar-refractivity contribution >= 4 is 41.0 Å². The fraction of sp³-hybridized carbons (Fsp3) is 0.217. The van der Waals surface area contributed by atoms with Gasteiger partial charge < -0.3 is 14.4 Å². The Morgan fingerprint density at radius 1 is 1.15 bits per heavy atom. The lowest BCUT2D eigenvalue weighted by molar-refractivity contribution is -0.274. The predicted molar refractivity (Wildman–Crippen MR) is 120 cm³/mol. The maximum Gasteiger partial charge on any atom is 0.573 e. The lowest BCUT2D eigenvalue weighted by Crippen LogP contribution is -2.31. The summed E-state index contributed by atoms with van der Waals surface area (Å²) < 4.78 is 58.1. The molecule has 2 aromatic carbocycles. The molecule has 2 aliphatic rings. The number of rotatable bonds is 6. The number of amides is 1. The normalized spacial score (nSPS) is 16.0. The molecular weight excluding hydrogens is 494 g/mol. The third-order valence-corrected chi connectivity index (χ3v) is 6.91. The molecule has 0 bridgehead atoms. The molecule has 1 fully saturated rings. The van der Waals surface area contributed by atoms with Gasteiger partial charge in [-0.25, -0.2) is 4.98 Å². The first kappa shape index (κ1) is 22.8. The van der Waals surface area contributed by atoms with Crippen molar-refractivity contribution in [1.82, 2.24) is 4.98 Å². The van der Waals surface area contributed by atoms with Crippen LogP contribution in [0.4, 0.5) is 29.1 Å². The first-order chi connectivity index (χ1) is 16.1. The van der Waals surface area contributed by atoms with Crippen LogP contribution in [0.1, 0.15) is 24.0 Å². The number of aromatic nitrogens is 1. The Bertz CT molecular complexity index is 1280. The number of alkyl halides is 3. The Balaban J connectivity index is 1.34. The number of carbonyl (C=O) groups is 1. The summed E-state index contributed by atoms with van der Waals surface area (Å²) in [6.07, 6.45) is -3.65. The molecule has 1 N–H and O–H groups in total. The molecule has 1 aliphatic heterocycles. The number of carbonyl (C=O) groups excluding carboxylic acids is 1. The maximum atomic E-state index is 13.2. The molecule has 34 heavy (non-hydrogen) atoms. The molecule has 0 atom stereocenters. The highest BCUT2D eigenvalue weighted by Gasteiger charge is 2.59. The predicted octanol–water partition coefficient (Wildman–Crippen LogP) is 6.47. The van der Waals surface area contributed by atoms with Crippen LogP contribution in [0.5, 0.6) is 5.75 Å². The Hall–Kier alpha value is -2.98. The van der Waals surface area contributed by atoms with Crippen molar-refractivity contribution in [3.63, 3.8) is 0 Å². The average Bonchev–Trinajstić information content (AvgIpc) is 3.54. The molecule has 3 aromatic rings. The smallest absolute Gasteiger partial charge is 0.406 e. The van der Waals surface area contributed by atoms with Crippen molar-refractivity contribution in [3.05, 3.63) is 76.7 Å². The van der Waals surface area contributed by atoms with E-state index in [1.807, 2.05) is 0 Å². The number of anilines is 2. The fourth-order valence-electron chi connectivity index (χ4n) is 4.05. The van der Waals surface area contributed by atoms with Gasteiger partial charge in [0.1, 0.15) is 11.6 Å². The minimum absolute atomic E-state index is 0.153. The molecule has 0 saturated heterocycles. The molecule has 1 aliphatic carbocycles. The molecule has 0 unspecified atom stereocenters. The number of benzene rings is 2. The zero-order chi connectivity index (χ0) is 24.1. The van der Waals surface area contributed by atoms with E-state index in [1.165, 1.54) is 42.3 Å². The van der Waals surface area contributed by atoms with Crippen molar-refractivity contribution in [2.24, 2.45) is 0 Å². The van der Waals surface area contributed by atoms with E-state index in [4.69, 9.17) is 11.6 Å². The minimum Gasteiger partial charge on any atom is -0.406 e. The highest BCUT2D eigenvalue weighted by atomic mass is 35.5. The van der Waals surface area contributed by atoms with Gasteiger partial charge in [-0.1, -0.05) is 23.7 Å². The summed E-state index contributed by atoms with van der Waals surface area (Å²) in [5.74, 6) is -0.736. The summed E-state index contributed by atoms with van der Waals surface area (Å²) >= 11 is 7.68. The van der Waals surface area contributed by atoms with Crippen LogP contribution >= 0.6 is 23.5 Å². The third-order valence-electron chi connectivity index (χ3n) is 5.75. The number of halogens is 5. The molecule has 1 aromatic heterocycles. The number of nitrogens with zero attached hydrogens (tertiary/aromatic N) is 2. The van der Waals surface area contributed by atoms with Gasteiger partial charge in [-0.15, -0.1) is 13.2 Å². The van der Waals surface area contributed by atoms with E-state index < -0.39 is 17.7 Å². The Kier molecular flexibility index (Phi) is 5.60. The van der Waals surface area contributed by atoms with E-state index in [2.05, 4.69) is 14.4 Å². The van der Waals surface area contributed by atoms with Gasteiger partial charge in [0.15, 0.2) is 0 Å². The monoisotopic (exact) mass is 509 g/mol. The lowest BCUT2D eigenvalue weighted by atomic mass is 9.98. The van der Waals surface area contributed by atoms with Gasteiger partial charge in [0.25, 0.3) is 0 Å². The fourth-order valence-corrected chi connectivity index (χ4v) is 5.00. The van der Waals surface area contributed by atoms with Gasteiger partial charge in [-0.05, 0) is 78.4 Å². The number of hydrogen-bond donors (Lipinski definition) is 1. The van der Waals surface area contributed by atoms with Crippen LogP contribution in [0.25, 0.3) is 0 Å². The van der Waals surface area contributed by atoms with Gasteiger partial charge in [-0.2, -0.15) is 4.39 Å². The number of pyridine rings is 1. The van der Waals surface area contributed by atoms with Crippen molar-refractivity contribution in [2.45, 2.75) is 36.1 Å². The first-order valence-electron chi connectivity index (χ1n) is 10.2. The van der Waals surface area contributed by atoms with Gasteiger partial charge in [0.2, 0.25) is 11.9 Å². The van der Waals surface area contributed by atoms with E-state index in [9.17, 15) is 22.4 Å². The molecule has 1 spiro atoms. The third kappa shape index (κ3) is 4.39. The van der Waals surface area contributed by atoms with Crippen LogP contribution in [0, 0.1) is 5.95 Å². The van der Waals surface area contributed by atoms with E-state index in [1.54, 1.807) is 29.2 Å². The zero-order valence-electron chi connectivity index (χ0n) is 17.3.